The van der Waals surface area contributed by atoms with Gasteiger partial charge in [0.2, 0.25) is 5.91 Å². The molecule has 1 amide bonds. The lowest BCUT2D eigenvalue weighted by molar-refractivity contribution is -0.113. The summed E-state index contributed by atoms with van der Waals surface area (Å²) in [6.45, 7) is 2.84. The van der Waals surface area contributed by atoms with E-state index in [4.69, 9.17) is 9.47 Å². The van der Waals surface area contributed by atoms with Crippen molar-refractivity contribution in [2.75, 3.05) is 24.8 Å². The Hall–Kier alpha value is -3.30. The first kappa shape index (κ1) is 22.9. The van der Waals surface area contributed by atoms with E-state index in [0.29, 0.717) is 34.2 Å². The highest BCUT2D eigenvalue weighted by molar-refractivity contribution is 7.99. The molecule has 0 saturated carbocycles. The van der Waals surface area contributed by atoms with Crippen molar-refractivity contribution in [1.82, 2.24) is 9.55 Å². The minimum atomic E-state index is -0.184. The van der Waals surface area contributed by atoms with Crippen molar-refractivity contribution in [3.63, 3.8) is 0 Å². The molecule has 0 aliphatic carbocycles. The van der Waals surface area contributed by atoms with Crippen LogP contribution in [0, 0.1) is 0 Å². The van der Waals surface area contributed by atoms with Gasteiger partial charge in [-0.2, -0.15) is 0 Å². The van der Waals surface area contributed by atoms with E-state index in [2.05, 4.69) is 10.3 Å². The van der Waals surface area contributed by atoms with Gasteiger partial charge in [-0.1, -0.05) is 23.9 Å². The molecule has 0 radical (unpaired) electrons. The summed E-state index contributed by atoms with van der Waals surface area (Å²) < 4.78 is 12.9. The van der Waals surface area contributed by atoms with Crippen LogP contribution in [0.3, 0.4) is 0 Å². The van der Waals surface area contributed by atoms with Crippen molar-refractivity contribution in [2.24, 2.45) is 0 Å². The summed E-state index contributed by atoms with van der Waals surface area (Å²) in [4.78, 5) is 30.4. The van der Waals surface area contributed by atoms with Crippen molar-refractivity contribution < 1.29 is 14.3 Å². The predicted octanol–water partition coefficient (Wildman–Crippen LogP) is 4.64. The molecule has 4 aromatic rings. The fourth-order valence-corrected chi connectivity index (χ4v) is 4.83. The minimum absolute atomic E-state index is 0.118. The number of amides is 1. The molecule has 0 spiro atoms. The van der Waals surface area contributed by atoms with E-state index in [0.717, 1.165) is 17.1 Å². The van der Waals surface area contributed by atoms with Crippen LogP contribution in [0.25, 0.3) is 10.2 Å². The number of thioether (sulfide) groups is 1. The number of rotatable bonds is 9. The van der Waals surface area contributed by atoms with Gasteiger partial charge in [0.1, 0.15) is 16.2 Å². The van der Waals surface area contributed by atoms with E-state index >= 15 is 0 Å². The molecule has 0 atom stereocenters. The second-order valence-electron chi connectivity index (χ2n) is 7.07. The number of nitrogens with one attached hydrogen (secondary N) is 1. The third-order valence-corrected chi connectivity index (χ3v) is 6.66. The van der Waals surface area contributed by atoms with Crippen molar-refractivity contribution in [3.8, 4) is 11.5 Å². The molecular formula is C24H23N3O4S2. The largest absolute Gasteiger partial charge is 0.497 e. The molecule has 170 valence electrons. The molecule has 0 bridgehead atoms. The third-order valence-electron chi connectivity index (χ3n) is 4.79. The fourth-order valence-electron chi connectivity index (χ4n) is 3.25. The molecule has 33 heavy (non-hydrogen) atoms. The summed E-state index contributed by atoms with van der Waals surface area (Å²) in [6, 6.07) is 16.6. The van der Waals surface area contributed by atoms with Gasteiger partial charge in [-0.15, -0.1) is 11.3 Å². The summed E-state index contributed by atoms with van der Waals surface area (Å²) >= 11 is 2.60. The Balaban J connectivity index is 1.53. The molecule has 2 heterocycles. The number of ether oxygens (including phenoxy) is 2. The maximum Gasteiger partial charge on any atom is 0.272 e. The van der Waals surface area contributed by atoms with Gasteiger partial charge >= 0.3 is 0 Å². The Morgan fingerprint density at radius 3 is 2.73 bits per heavy atom. The zero-order chi connectivity index (χ0) is 23.2. The molecule has 0 aliphatic rings. The van der Waals surface area contributed by atoms with Gasteiger partial charge in [0.15, 0.2) is 5.16 Å². The number of benzene rings is 2. The first-order valence-corrected chi connectivity index (χ1v) is 12.2. The van der Waals surface area contributed by atoms with Gasteiger partial charge in [0.05, 0.1) is 31.5 Å². The van der Waals surface area contributed by atoms with Crippen LogP contribution in [-0.2, 0) is 11.3 Å². The van der Waals surface area contributed by atoms with Crippen LogP contribution in [0.15, 0.2) is 69.9 Å². The SMILES string of the molecule is CCOc1ccc(NC(=O)CSc2nc3ccsc3c(=O)n2Cc2cccc(OC)c2)cc1. The van der Waals surface area contributed by atoms with Gasteiger partial charge in [0.25, 0.3) is 5.56 Å². The van der Waals surface area contributed by atoms with Crippen LogP contribution in [0.1, 0.15) is 12.5 Å². The zero-order valence-electron chi connectivity index (χ0n) is 18.2. The van der Waals surface area contributed by atoms with Gasteiger partial charge < -0.3 is 14.8 Å². The smallest absolute Gasteiger partial charge is 0.272 e. The second-order valence-corrected chi connectivity index (χ2v) is 8.93. The van der Waals surface area contributed by atoms with E-state index in [1.54, 1.807) is 23.8 Å². The fraction of sp³-hybridized carbons (Fsp3) is 0.208. The highest BCUT2D eigenvalue weighted by Crippen LogP contribution is 2.23. The Kier molecular flexibility index (Phi) is 7.31. The monoisotopic (exact) mass is 481 g/mol. The summed E-state index contributed by atoms with van der Waals surface area (Å²) in [6.07, 6.45) is 0. The van der Waals surface area contributed by atoms with Gasteiger partial charge in [-0.3, -0.25) is 14.2 Å². The second kappa shape index (κ2) is 10.5. The molecular weight excluding hydrogens is 458 g/mol. The minimum Gasteiger partial charge on any atom is -0.497 e. The summed E-state index contributed by atoms with van der Waals surface area (Å²) in [5.41, 5.74) is 2.11. The van der Waals surface area contributed by atoms with Crippen molar-refractivity contribution in [2.45, 2.75) is 18.6 Å². The number of carbonyl (C=O) groups excluding carboxylic acids is 1. The van der Waals surface area contributed by atoms with Crippen LogP contribution < -0.4 is 20.3 Å². The quantitative estimate of drug-likeness (QED) is 0.277. The topological polar surface area (TPSA) is 82.5 Å². The van der Waals surface area contributed by atoms with Crippen molar-refractivity contribution in [3.05, 3.63) is 75.9 Å². The standard InChI is InChI=1S/C24H23N3O4S2/c1-3-31-18-9-7-17(8-10-18)25-21(28)15-33-24-26-20-11-12-32-22(20)23(29)27(24)14-16-5-4-6-19(13-16)30-2/h4-13H,3,14-15H2,1-2H3,(H,25,28). The Morgan fingerprint density at radius 2 is 1.97 bits per heavy atom. The van der Waals surface area contributed by atoms with Crippen LogP contribution in [0.4, 0.5) is 5.69 Å². The number of nitrogens with zero attached hydrogens (tertiary/aromatic N) is 2. The number of aromatic nitrogens is 2. The van der Waals surface area contributed by atoms with Crippen LogP contribution in [-0.4, -0.2) is 34.9 Å². The average molecular weight is 482 g/mol. The molecule has 0 unspecified atom stereocenters. The molecule has 0 fully saturated rings. The van der Waals surface area contributed by atoms with Gasteiger partial charge in [0, 0.05) is 5.69 Å². The number of anilines is 1. The number of fused-ring (bicyclic) bond motifs is 1. The summed E-state index contributed by atoms with van der Waals surface area (Å²) in [7, 11) is 1.61. The highest BCUT2D eigenvalue weighted by atomic mass is 32.2. The van der Waals surface area contributed by atoms with E-state index in [9.17, 15) is 9.59 Å². The summed E-state index contributed by atoms with van der Waals surface area (Å²) in [5, 5.41) is 5.21. The van der Waals surface area contributed by atoms with Crippen LogP contribution in [0.5, 0.6) is 11.5 Å². The lowest BCUT2D eigenvalue weighted by Crippen LogP contribution is -2.24. The Bertz CT molecular complexity index is 1320. The van der Waals surface area contributed by atoms with Gasteiger partial charge in [-0.25, -0.2) is 4.98 Å². The number of methoxy groups -OCH3 is 1. The Morgan fingerprint density at radius 1 is 1.15 bits per heavy atom. The number of hydrogen-bond acceptors (Lipinski definition) is 7. The lowest BCUT2D eigenvalue weighted by atomic mass is 10.2. The van der Waals surface area contributed by atoms with E-state index in [1.165, 1.54) is 23.1 Å². The predicted molar refractivity (Wildman–Crippen MR) is 133 cm³/mol. The van der Waals surface area contributed by atoms with E-state index in [-0.39, 0.29) is 17.2 Å². The number of hydrogen-bond donors (Lipinski definition) is 1. The van der Waals surface area contributed by atoms with E-state index in [1.807, 2.05) is 54.8 Å². The maximum atomic E-state index is 13.2. The first-order valence-electron chi connectivity index (χ1n) is 10.3. The molecule has 9 heteroatoms. The molecule has 2 aromatic heterocycles. The molecule has 7 nitrogen and oxygen atoms in total. The first-order chi connectivity index (χ1) is 16.1. The van der Waals surface area contributed by atoms with Crippen molar-refractivity contribution in [1.29, 1.82) is 0 Å². The molecule has 0 aliphatic heterocycles. The number of carbonyl (C=O) groups is 1. The lowest BCUT2D eigenvalue weighted by Gasteiger charge is -2.13. The van der Waals surface area contributed by atoms with Crippen LogP contribution in [0.2, 0.25) is 0 Å². The maximum absolute atomic E-state index is 13.2. The highest BCUT2D eigenvalue weighted by Gasteiger charge is 2.15. The van der Waals surface area contributed by atoms with Crippen LogP contribution >= 0.6 is 23.1 Å². The van der Waals surface area contributed by atoms with Gasteiger partial charge in [-0.05, 0) is 60.3 Å². The third kappa shape index (κ3) is 5.55. The molecule has 2 aromatic carbocycles. The average Bonchev–Trinajstić information content (AvgIpc) is 3.30. The molecule has 4 rings (SSSR count). The Labute approximate surface area is 199 Å². The van der Waals surface area contributed by atoms with Crippen molar-refractivity contribution >= 4 is 44.9 Å². The summed E-state index contributed by atoms with van der Waals surface area (Å²) in [5.74, 6) is 1.40. The number of thiophene rings is 1. The zero-order valence-corrected chi connectivity index (χ0v) is 19.9. The normalized spacial score (nSPS) is 10.8. The molecule has 0 saturated heterocycles. The molecule has 1 N–H and O–H groups in total. The van der Waals surface area contributed by atoms with E-state index < -0.39 is 0 Å².